The standard InChI is InChI=1S/C12H5Cl5O4/c13-7-6(8(14)10(16)11(17)9(7)15)4(18)2-1-3-5(19)12(20)21/h1-3,18H,(H,20,21)/b3-1+,4-2-. The number of rotatable bonds is 4. The number of aliphatic hydroxyl groups is 1. The Kier molecular flexibility index (Phi) is 6.38. The Morgan fingerprint density at radius 1 is 0.810 bits per heavy atom. The van der Waals surface area contributed by atoms with Crippen molar-refractivity contribution in [3.8, 4) is 0 Å². The van der Waals surface area contributed by atoms with E-state index in [1.165, 1.54) is 0 Å². The van der Waals surface area contributed by atoms with E-state index in [4.69, 9.17) is 63.1 Å². The van der Waals surface area contributed by atoms with Gasteiger partial charge in [0, 0.05) is 0 Å². The predicted octanol–water partition coefficient (Wildman–Crippen LogP) is 5.06. The highest BCUT2D eigenvalue weighted by atomic mass is 35.5. The molecule has 4 nitrogen and oxygen atoms in total. The lowest BCUT2D eigenvalue weighted by atomic mass is 10.1. The van der Waals surface area contributed by atoms with Gasteiger partial charge in [0.25, 0.3) is 5.78 Å². The fraction of sp³-hybridized carbons (Fsp3) is 0. The van der Waals surface area contributed by atoms with E-state index in [0.717, 1.165) is 18.2 Å². The highest BCUT2D eigenvalue weighted by Gasteiger charge is 2.21. The molecule has 1 rings (SSSR count). The first-order chi connectivity index (χ1) is 9.68. The Morgan fingerprint density at radius 2 is 1.24 bits per heavy atom. The van der Waals surface area contributed by atoms with Crippen molar-refractivity contribution >= 4 is 75.5 Å². The molecule has 1 aromatic carbocycles. The van der Waals surface area contributed by atoms with Gasteiger partial charge in [-0.1, -0.05) is 64.1 Å². The number of halogens is 5. The van der Waals surface area contributed by atoms with Crippen LogP contribution in [0.3, 0.4) is 0 Å². The van der Waals surface area contributed by atoms with Gasteiger partial charge in [-0.3, -0.25) is 4.79 Å². The van der Waals surface area contributed by atoms with E-state index in [0.29, 0.717) is 0 Å². The van der Waals surface area contributed by atoms with E-state index in [9.17, 15) is 14.7 Å². The molecule has 0 amide bonds. The summed E-state index contributed by atoms with van der Waals surface area (Å²) in [6, 6.07) is 0. The number of ketones is 1. The second kappa shape index (κ2) is 7.38. The first-order valence-electron chi connectivity index (χ1n) is 5.04. The van der Waals surface area contributed by atoms with Crippen LogP contribution >= 0.6 is 58.0 Å². The fourth-order valence-corrected chi connectivity index (χ4v) is 2.54. The normalized spacial score (nSPS) is 12.0. The van der Waals surface area contributed by atoms with Crippen molar-refractivity contribution in [2.75, 3.05) is 0 Å². The van der Waals surface area contributed by atoms with Crippen LogP contribution in [-0.2, 0) is 9.59 Å². The highest BCUT2D eigenvalue weighted by molar-refractivity contribution is 6.55. The second-order valence-corrected chi connectivity index (χ2v) is 5.42. The number of hydrogen-bond acceptors (Lipinski definition) is 3. The number of carbonyl (C=O) groups excluding carboxylic acids is 1. The SMILES string of the molecule is O=C(O)C(=O)/C=C/C=C(\O)c1c(Cl)c(Cl)c(Cl)c(Cl)c1Cl. The average molecular weight is 390 g/mol. The molecule has 0 bridgehead atoms. The molecule has 112 valence electrons. The predicted molar refractivity (Wildman–Crippen MR) is 83.9 cm³/mol. The molecule has 1 aromatic rings. The Morgan fingerprint density at radius 3 is 1.67 bits per heavy atom. The largest absolute Gasteiger partial charge is 0.507 e. The second-order valence-electron chi connectivity index (χ2n) is 3.53. The molecular weight excluding hydrogens is 385 g/mol. The molecule has 0 aliphatic carbocycles. The first-order valence-corrected chi connectivity index (χ1v) is 6.93. The Bertz CT molecular complexity index is 650. The van der Waals surface area contributed by atoms with Crippen LogP contribution in [0.4, 0.5) is 0 Å². The zero-order chi connectivity index (χ0) is 16.3. The Hall–Kier alpha value is -0.910. The molecule has 0 aliphatic rings. The number of carboxylic acids is 1. The molecule has 0 unspecified atom stereocenters. The maximum Gasteiger partial charge on any atom is 0.376 e. The van der Waals surface area contributed by atoms with E-state index in [1.807, 2.05) is 0 Å². The van der Waals surface area contributed by atoms with E-state index < -0.39 is 17.5 Å². The van der Waals surface area contributed by atoms with Gasteiger partial charge >= 0.3 is 5.97 Å². The van der Waals surface area contributed by atoms with Crippen molar-refractivity contribution in [3.05, 3.63) is 48.9 Å². The van der Waals surface area contributed by atoms with Crippen LogP contribution in [0.15, 0.2) is 18.2 Å². The summed E-state index contributed by atoms with van der Waals surface area (Å²) in [5, 5.41) is 17.7. The fourth-order valence-electron chi connectivity index (χ4n) is 1.21. The van der Waals surface area contributed by atoms with Gasteiger partial charge in [0.05, 0.1) is 30.7 Å². The highest BCUT2D eigenvalue weighted by Crippen LogP contribution is 2.45. The number of aliphatic hydroxyl groups excluding tert-OH is 1. The van der Waals surface area contributed by atoms with Crippen LogP contribution in [-0.4, -0.2) is 22.0 Å². The molecule has 0 aromatic heterocycles. The van der Waals surface area contributed by atoms with Gasteiger partial charge < -0.3 is 10.2 Å². The average Bonchev–Trinajstić information content (AvgIpc) is 2.43. The molecule has 0 spiro atoms. The van der Waals surface area contributed by atoms with Crippen molar-refractivity contribution in [2.45, 2.75) is 0 Å². The lowest BCUT2D eigenvalue weighted by Crippen LogP contribution is -2.08. The minimum atomic E-state index is -1.63. The van der Waals surface area contributed by atoms with Gasteiger partial charge in [0.1, 0.15) is 5.76 Å². The molecule has 0 atom stereocenters. The number of carboxylic acid groups (broad SMARTS) is 1. The first kappa shape index (κ1) is 18.1. The van der Waals surface area contributed by atoms with Gasteiger partial charge in [-0.05, 0) is 12.2 Å². The number of hydrogen-bond donors (Lipinski definition) is 2. The number of benzene rings is 1. The molecule has 21 heavy (non-hydrogen) atoms. The van der Waals surface area contributed by atoms with Crippen LogP contribution < -0.4 is 0 Å². The van der Waals surface area contributed by atoms with Crippen LogP contribution in [0.2, 0.25) is 25.1 Å². The summed E-state index contributed by atoms with van der Waals surface area (Å²) in [6.45, 7) is 0. The van der Waals surface area contributed by atoms with Gasteiger partial charge in [-0.15, -0.1) is 0 Å². The third kappa shape index (κ3) is 4.05. The number of carbonyl (C=O) groups is 2. The third-order valence-electron chi connectivity index (χ3n) is 2.18. The number of aliphatic carboxylic acids is 1. The van der Waals surface area contributed by atoms with Crippen molar-refractivity contribution in [3.63, 3.8) is 0 Å². The van der Waals surface area contributed by atoms with Gasteiger partial charge in [-0.2, -0.15) is 0 Å². The van der Waals surface area contributed by atoms with E-state index >= 15 is 0 Å². The molecule has 0 heterocycles. The summed E-state index contributed by atoms with van der Waals surface area (Å²) >= 11 is 29.3. The topological polar surface area (TPSA) is 74.6 Å². The van der Waals surface area contributed by atoms with Crippen LogP contribution in [0.5, 0.6) is 0 Å². The molecule has 0 saturated carbocycles. The summed E-state index contributed by atoms with van der Waals surface area (Å²) in [5.41, 5.74) is -0.0924. The molecule has 2 N–H and O–H groups in total. The number of allylic oxidation sites excluding steroid dienone is 2. The summed E-state index contributed by atoms with van der Waals surface area (Å²) in [5.74, 6) is -3.27. The van der Waals surface area contributed by atoms with Gasteiger partial charge in [0.2, 0.25) is 0 Å². The smallest absolute Gasteiger partial charge is 0.376 e. The van der Waals surface area contributed by atoms with Crippen molar-refractivity contribution < 1.29 is 19.8 Å². The zero-order valence-electron chi connectivity index (χ0n) is 9.83. The van der Waals surface area contributed by atoms with Crippen LogP contribution in [0.1, 0.15) is 5.56 Å². The summed E-state index contributed by atoms with van der Waals surface area (Å²) in [6.07, 6.45) is 2.75. The molecule has 0 radical (unpaired) electrons. The minimum absolute atomic E-state index is 0.0681. The quantitative estimate of drug-likeness (QED) is 0.188. The Balaban J connectivity index is 3.29. The zero-order valence-corrected chi connectivity index (χ0v) is 13.6. The minimum Gasteiger partial charge on any atom is -0.507 e. The van der Waals surface area contributed by atoms with E-state index in [2.05, 4.69) is 0 Å². The van der Waals surface area contributed by atoms with Gasteiger partial charge in [-0.25, -0.2) is 4.79 Å². The Labute approximate surface area is 144 Å². The molecular formula is C12H5Cl5O4. The van der Waals surface area contributed by atoms with Crippen LogP contribution in [0.25, 0.3) is 5.76 Å². The van der Waals surface area contributed by atoms with Crippen molar-refractivity contribution in [1.82, 2.24) is 0 Å². The lowest BCUT2D eigenvalue weighted by Gasteiger charge is -2.11. The maximum absolute atomic E-state index is 10.8. The summed E-state index contributed by atoms with van der Waals surface area (Å²) in [4.78, 5) is 21.1. The molecule has 9 heteroatoms. The molecule has 0 saturated heterocycles. The van der Waals surface area contributed by atoms with Crippen molar-refractivity contribution in [1.29, 1.82) is 0 Å². The maximum atomic E-state index is 10.8. The third-order valence-corrected chi connectivity index (χ3v) is 4.46. The van der Waals surface area contributed by atoms with E-state index in [1.54, 1.807) is 0 Å². The summed E-state index contributed by atoms with van der Waals surface area (Å²) in [7, 11) is 0. The van der Waals surface area contributed by atoms with Crippen molar-refractivity contribution in [2.24, 2.45) is 0 Å². The molecule has 0 fully saturated rings. The van der Waals surface area contributed by atoms with E-state index in [-0.39, 0.29) is 30.7 Å². The van der Waals surface area contributed by atoms with Crippen LogP contribution in [0, 0.1) is 0 Å². The monoisotopic (exact) mass is 388 g/mol. The lowest BCUT2D eigenvalue weighted by molar-refractivity contribution is -0.146. The molecule has 0 aliphatic heterocycles. The summed E-state index contributed by atoms with van der Waals surface area (Å²) < 4.78 is 0. The van der Waals surface area contributed by atoms with Gasteiger partial charge in [0.15, 0.2) is 0 Å².